The minimum atomic E-state index is 0.109. The van der Waals surface area contributed by atoms with Crippen LogP contribution in [0.5, 0.6) is 0 Å². The minimum Gasteiger partial charge on any atom is -0.395 e. The van der Waals surface area contributed by atoms with Gasteiger partial charge in [0.2, 0.25) is 0 Å². The zero-order valence-corrected chi connectivity index (χ0v) is 10.5. The van der Waals surface area contributed by atoms with Crippen LogP contribution >= 0.6 is 11.8 Å². The second-order valence-electron chi connectivity index (χ2n) is 4.21. The van der Waals surface area contributed by atoms with Gasteiger partial charge in [-0.15, -0.1) is 11.8 Å². The molecular weight excluding hydrogens is 210 g/mol. The summed E-state index contributed by atoms with van der Waals surface area (Å²) in [4.78, 5) is 0. The van der Waals surface area contributed by atoms with Gasteiger partial charge in [-0.1, -0.05) is 13.3 Å². The Labute approximate surface area is 96.8 Å². The van der Waals surface area contributed by atoms with Gasteiger partial charge in [-0.25, -0.2) is 0 Å². The summed E-state index contributed by atoms with van der Waals surface area (Å²) >= 11 is 1.81. The SMILES string of the molecule is CCCC(N)C(CO)SC1CCOC1C. The standard InChI is InChI=1S/C11H23NO2S/c1-3-4-9(12)11(7-13)15-10-5-6-14-8(10)2/h8-11,13H,3-7,12H2,1-2H3. The first-order chi connectivity index (χ1) is 7.19. The summed E-state index contributed by atoms with van der Waals surface area (Å²) in [5.74, 6) is 0. The molecule has 0 saturated carbocycles. The van der Waals surface area contributed by atoms with Gasteiger partial charge in [0.25, 0.3) is 0 Å². The largest absolute Gasteiger partial charge is 0.395 e. The van der Waals surface area contributed by atoms with Crippen molar-refractivity contribution in [2.75, 3.05) is 13.2 Å². The van der Waals surface area contributed by atoms with Crippen molar-refractivity contribution in [1.82, 2.24) is 0 Å². The smallest absolute Gasteiger partial charge is 0.0666 e. The summed E-state index contributed by atoms with van der Waals surface area (Å²) in [6.07, 6.45) is 3.45. The third-order valence-electron chi connectivity index (χ3n) is 2.94. The molecule has 0 radical (unpaired) electrons. The molecule has 0 aromatic rings. The predicted molar refractivity (Wildman–Crippen MR) is 65.2 cm³/mol. The maximum atomic E-state index is 9.33. The molecule has 0 aromatic carbocycles. The molecule has 4 heteroatoms. The highest BCUT2D eigenvalue weighted by molar-refractivity contribution is 8.00. The van der Waals surface area contributed by atoms with Gasteiger partial charge in [-0.05, 0) is 19.8 Å². The molecule has 4 atom stereocenters. The first kappa shape index (κ1) is 13.3. The first-order valence-electron chi connectivity index (χ1n) is 5.82. The van der Waals surface area contributed by atoms with Gasteiger partial charge in [-0.2, -0.15) is 0 Å². The molecule has 1 fully saturated rings. The van der Waals surface area contributed by atoms with Gasteiger partial charge < -0.3 is 15.6 Å². The predicted octanol–water partition coefficient (Wildman–Crippen LogP) is 1.39. The summed E-state index contributed by atoms with van der Waals surface area (Å²) < 4.78 is 5.51. The van der Waals surface area contributed by atoms with Crippen LogP contribution in [0.15, 0.2) is 0 Å². The Balaban J connectivity index is 2.38. The molecule has 1 aliphatic rings. The highest BCUT2D eigenvalue weighted by Crippen LogP contribution is 2.31. The lowest BCUT2D eigenvalue weighted by Gasteiger charge is -2.25. The fourth-order valence-electron chi connectivity index (χ4n) is 1.91. The molecule has 0 bridgehead atoms. The number of aliphatic hydroxyl groups excluding tert-OH is 1. The third kappa shape index (κ3) is 3.94. The lowest BCUT2D eigenvalue weighted by Crippen LogP contribution is -2.37. The van der Waals surface area contributed by atoms with Crippen molar-refractivity contribution < 1.29 is 9.84 Å². The van der Waals surface area contributed by atoms with Crippen LogP contribution in [0.4, 0.5) is 0 Å². The van der Waals surface area contributed by atoms with Crippen LogP contribution < -0.4 is 5.73 Å². The van der Waals surface area contributed by atoms with Gasteiger partial charge in [0.1, 0.15) is 0 Å². The van der Waals surface area contributed by atoms with E-state index in [1.807, 2.05) is 11.8 Å². The molecule has 0 spiro atoms. The Kier molecular flexibility index (Phi) is 5.97. The molecule has 1 saturated heterocycles. The van der Waals surface area contributed by atoms with E-state index in [1.165, 1.54) is 0 Å². The number of hydrogen-bond acceptors (Lipinski definition) is 4. The zero-order valence-electron chi connectivity index (χ0n) is 9.69. The number of nitrogens with two attached hydrogens (primary N) is 1. The Morgan fingerprint density at radius 1 is 1.60 bits per heavy atom. The van der Waals surface area contributed by atoms with Crippen LogP contribution in [-0.2, 0) is 4.74 Å². The molecule has 0 aliphatic carbocycles. The molecule has 1 aliphatic heterocycles. The highest BCUT2D eigenvalue weighted by atomic mass is 32.2. The van der Waals surface area contributed by atoms with E-state index in [4.69, 9.17) is 10.5 Å². The molecule has 1 heterocycles. The Bertz CT molecular complexity index is 180. The van der Waals surface area contributed by atoms with Crippen molar-refractivity contribution in [3.05, 3.63) is 0 Å². The minimum absolute atomic E-state index is 0.109. The quantitative estimate of drug-likeness (QED) is 0.728. The van der Waals surface area contributed by atoms with E-state index in [9.17, 15) is 5.11 Å². The van der Waals surface area contributed by atoms with Crippen molar-refractivity contribution in [3.8, 4) is 0 Å². The number of rotatable bonds is 6. The molecule has 15 heavy (non-hydrogen) atoms. The maximum absolute atomic E-state index is 9.33. The highest BCUT2D eigenvalue weighted by Gasteiger charge is 2.29. The molecule has 3 N–H and O–H groups in total. The zero-order chi connectivity index (χ0) is 11.3. The maximum Gasteiger partial charge on any atom is 0.0666 e. The average Bonchev–Trinajstić information content (AvgIpc) is 2.61. The normalized spacial score (nSPS) is 30.4. The van der Waals surface area contributed by atoms with Gasteiger partial charge in [0.05, 0.1) is 12.7 Å². The van der Waals surface area contributed by atoms with Crippen molar-refractivity contribution in [1.29, 1.82) is 0 Å². The number of aliphatic hydroxyl groups is 1. The molecule has 90 valence electrons. The Morgan fingerprint density at radius 3 is 2.80 bits per heavy atom. The van der Waals surface area contributed by atoms with Crippen molar-refractivity contribution in [2.24, 2.45) is 5.73 Å². The van der Waals surface area contributed by atoms with E-state index < -0.39 is 0 Å². The molecule has 4 unspecified atom stereocenters. The number of ether oxygens (including phenoxy) is 1. The van der Waals surface area contributed by atoms with E-state index in [1.54, 1.807) is 0 Å². The van der Waals surface area contributed by atoms with Gasteiger partial charge >= 0.3 is 0 Å². The van der Waals surface area contributed by atoms with E-state index in [2.05, 4.69) is 13.8 Å². The lowest BCUT2D eigenvalue weighted by atomic mass is 10.1. The van der Waals surface area contributed by atoms with Crippen molar-refractivity contribution in [2.45, 2.75) is 55.8 Å². The van der Waals surface area contributed by atoms with Crippen LogP contribution in [0.3, 0.4) is 0 Å². The van der Waals surface area contributed by atoms with Gasteiger partial charge in [0, 0.05) is 23.1 Å². The molecule has 0 amide bonds. The second-order valence-corrected chi connectivity index (χ2v) is 5.70. The molecule has 1 rings (SSSR count). The molecule has 3 nitrogen and oxygen atoms in total. The van der Waals surface area contributed by atoms with E-state index in [0.717, 1.165) is 25.9 Å². The average molecular weight is 233 g/mol. The summed E-state index contributed by atoms with van der Waals surface area (Å²) in [6.45, 7) is 5.25. The molecule has 0 aromatic heterocycles. The first-order valence-corrected chi connectivity index (χ1v) is 6.76. The monoisotopic (exact) mass is 233 g/mol. The van der Waals surface area contributed by atoms with Gasteiger partial charge in [-0.3, -0.25) is 0 Å². The van der Waals surface area contributed by atoms with Crippen LogP contribution in [0.1, 0.15) is 33.1 Å². The van der Waals surface area contributed by atoms with E-state index in [0.29, 0.717) is 11.4 Å². The fourth-order valence-corrected chi connectivity index (χ4v) is 3.32. The second kappa shape index (κ2) is 6.74. The van der Waals surface area contributed by atoms with E-state index >= 15 is 0 Å². The number of thioether (sulfide) groups is 1. The van der Waals surface area contributed by atoms with E-state index in [-0.39, 0.29) is 17.9 Å². The summed E-state index contributed by atoms with van der Waals surface area (Å²) in [7, 11) is 0. The number of hydrogen-bond donors (Lipinski definition) is 2. The van der Waals surface area contributed by atoms with Crippen LogP contribution in [0.25, 0.3) is 0 Å². The van der Waals surface area contributed by atoms with Crippen molar-refractivity contribution in [3.63, 3.8) is 0 Å². The lowest BCUT2D eigenvalue weighted by molar-refractivity contribution is 0.127. The fraction of sp³-hybridized carbons (Fsp3) is 1.00. The summed E-state index contributed by atoms with van der Waals surface area (Å²) in [6, 6.07) is 0.109. The summed E-state index contributed by atoms with van der Waals surface area (Å²) in [5, 5.41) is 10.00. The summed E-state index contributed by atoms with van der Waals surface area (Å²) in [5.41, 5.74) is 6.04. The van der Waals surface area contributed by atoms with Gasteiger partial charge in [0.15, 0.2) is 0 Å². The van der Waals surface area contributed by atoms with Crippen LogP contribution in [-0.4, -0.2) is 41.0 Å². The Morgan fingerprint density at radius 2 is 2.33 bits per heavy atom. The van der Waals surface area contributed by atoms with Crippen LogP contribution in [0, 0.1) is 0 Å². The van der Waals surface area contributed by atoms with Crippen molar-refractivity contribution >= 4 is 11.8 Å². The topological polar surface area (TPSA) is 55.5 Å². The van der Waals surface area contributed by atoms with Crippen LogP contribution in [0.2, 0.25) is 0 Å². The Hall–Kier alpha value is 0.230. The third-order valence-corrected chi connectivity index (χ3v) is 4.75. The molecular formula is C11H23NO2S.